The van der Waals surface area contributed by atoms with E-state index in [2.05, 4.69) is 14.9 Å². The van der Waals surface area contributed by atoms with Crippen LogP contribution >= 0.6 is 11.6 Å². The zero-order chi connectivity index (χ0) is 14.5. The maximum atomic E-state index is 5.89. The first-order valence-electron chi connectivity index (χ1n) is 7.21. The lowest BCUT2D eigenvalue weighted by Gasteiger charge is -2.33. The van der Waals surface area contributed by atoms with Crippen molar-refractivity contribution in [2.24, 2.45) is 5.92 Å². The fraction of sp³-hybridized carbons (Fsp3) is 0.375. The Balaban J connectivity index is 1.57. The van der Waals surface area contributed by atoms with Crippen LogP contribution in [0.3, 0.4) is 0 Å². The summed E-state index contributed by atoms with van der Waals surface area (Å²) in [4.78, 5) is 10.9. The monoisotopic (exact) mass is 303 g/mol. The highest BCUT2D eigenvalue weighted by Gasteiger charge is 2.21. The molecular weight excluding hydrogens is 286 g/mol. The van der Waals surface area contributed by atoms with Gasteiger partial charge in [-0.1, -0.05) is 17.7 Å². The first-order valence-corrected chi connectivity index (χ1v) is 7.59. The van der Waals surface area contributed by atoms with E-state index in [-0.39, 0.29) is 0 Å². The van der Waals surface area contributed by atoms with Gasteiger partial charge in [0, 0.05) is 37.5 Å². The van der Waals surface area contributed by atoms with E-state index in [9.17, 15) is 0 Å². The smallest absolute Gasteiger partial charge is 0.213 e. The summed E-state index contributed by atoms with van der Waals surface area (Å²) in [6.45, 7) is 2.69. The van der Waals surface area contributed by atoms with Crippen LogP contribution in [0.1, 0.15) is 12.8 Å². The topological polar surface area (TPSA) is 38.2 Å². The van der Waals surface area contributed by atoms with Gasteiger partial charge in [-0.3, -0.25) is 0 Å². The highest BCUT2D eigenvalue weighted by atomic mass is 35.5. The first kappa shape index (κ1) is 14.1. The largest absolute Gasteiger partial charge is 0.477 e. The van der Waals surface area contributed by atoms with Gasteiger partial charge in [-0.05, 0) is 31.0 Å². The predicted molar refractivity (Wildman–Crippen MR) is 83.9 cm³/mol. The molecule has 0 radical (unpaired) electrons. The van der Waals surface area contributed by atoms with Crippen molar-refractivity contribution in [2.75, 3.05) is 24.6 Å². The van der Waals surface area contributed by atoms with Crippen LogP contribution in [0.25, 0.3) is 0 Å². The fourth-order valence-corrected chi connectivity index (χ4v) is 2.71. The van der Waals surface area contributed by atoms with Crippen molar-refractivity contribution in [3.63, 3.8) is 0 Å². The third-order valence-electron chi connectivity index (χ3n) is 3.66. The molecule has 0 aromatic carbocycles. The highest BCUT2D eigenvalue weighted by molar-refractivity contribution is 6.30. The lowest BCUT2D eigenvalue weighted by molar-refractivity contribution is 0.221. The lowest BCUT2D eigenvalue weighted by atomic mass is 9.99. The molecule has 110 valence electrons. The maximum Gasteiger partial charge on any atom is 0.213 e. The van der Waals surface area contributed by atoms with Crippen LogP contribution in [0.2, 0.25) is 5.02 Å². The van der Waals surface area contributed by atoms with Gasteiger partial charge < -0.3 is 9.64 Å². The summed E-state index contributed by atoms with van der Waals surface area (Å²) in [5.74, 6) is 2.18. The zero-order valence-electron chi connectivity index (χ0n) is 11.8. The zero-order valence-corrected chi connectivity index (χ0v) is 12.5. The minimum atomic E-state index is 0.498. The van der Waals surface area contributed by atoms with E-state index >= 15 is 0 Å². The molecule has 0 aliphatic carbocycles. The number of nitrogens with zero attached hydrogens (tertiary/aromatic N) is 3. The molecule has 1 fully saturated rings. The van der Waals surface area contributed by atoms with E-state index in [0.717, 1.165) is 25.3 Å². The van der Waals surface area contributed by atoms with Crippen LogP contribution in [-0.2, 0) is 0 Å². The summed E-state index contributed by atoms with van der Waals surface area (Å²) in [5.41, 5.74) is 0. The number of anilines is 1. The summed E-state index contributed by atoms with van der Waals surface area (Å²) in [6.07, 6.45) is 5.78. The molecule has 0 saturated carbocycles. The van der Waals surface area contributed by atoms with Gasteiger partial charge in [0.25, 0.3) is 0 Å². The Hall–Kier alpha value is -1.81. The second-order valence-corrected chi connectivity index (χ2v) is 5.70. The van der Waals surface area contributed by atoms with Crippen molar-refractivity contribution in [1.82, 2.24) is 9.97 Å². The lowest BCUT2D eigenvalue weighted by Crippen LogP contribution is -2.38. The molecule has 2 aromatic heterocycles. The average molecular weight is 304 g/mol. The van der Waals surface area contributed by atoms with E-state index in [0.29, 0.717) is 23.4 Å². The molecule has 1 atom stereocenters. The Labute approximate surface area is 129 Å². The van der Waals surface area contributed by atoms with Crippen molar-refractivity contribution < 1.29 is 4.74 Å². The molecule has 0 bridgehead atoms. The molecule has 1 unspecified atom stereocenters. The molecule has 0 spiro atoms. The second-order valence-electron chi connectivity index (χ2n) is 5.27. The Kier molecular flexibility index (Phi) is 4.55. The molecule has 2 aromatic rings. The van der Waals surface area contributed by atoms with Crippen molar-refractivity contribution >= 4 is 17.4 Å². The van der Waals surface area contributed by atoms with E-state index in [4.69, 9.17) is 16.3 Å². The van der Waals surface area contributed by atoms with Gasteiger partial charge in [0.2, 0.25) is 5.88 Å². The molecule has 3 rings (SSSR count). The molecule has 0 N–H and O–H groups in total. The number of piperidine rings is 1. The average Bonchev–Trinajstić information content (AvgIpc) is 2.55. The summed E-state index contributed by atoms with van der Waals surface area (Å²) >= 11 is 5.89. The highest BCUT2D eigenvalue weighted by Crippen LogP contribution is 2.23. The molecule has 21 heavy (non-hydrogen) atoms. The van der Waals surface area contributed by atoms with Gasteiger partial charge in [-0.2, -0.15) is 0 Å². The van der Waals surface area contributed by atoms with E-state index in [1.165, 1.54) is 6.42 Å². The Morgan fingerprint density at radius 1 is 1.24 bits per heavy atom. The molecule has 1 saturated heterocycles. The number of hydrogen-bond acceptors (Lipinski definition) is 4. The molecule has 1 aliphatic rings. The molecule has 1 aliphatic heterocycles. The molecule has 0 amide bonds. The summed E-state index contributed by atoms with van der Waals surface area (Å²) < 4.78 is 5.77. The summed E-state index contributed by atoms with van der Waals surface area (Å²) in [7, 11) is 0. The van der Waals surface area contributed by atoms with Crippen LogP contribution in [0.4, 0.5) is 5.82 Å². The summed E-state index contributed by atoms with van der Waals surface area (Å²) in [5, 5.41) is 0.672. The third kappa shape index (κ3) is 3.85. The molecule has 3 heterocycles. The SMILES string of the molecule is Clc1ccc(N2CCCC(COc3ccccn3)C2)nc1. The fourth-order valence-electron chi connectivity index (χ4n) is 2.60. The van der Waals surface area contributed by atoms with E-state index in [1.54, 1.807) is 12.4 Å². The van der Waals surface area contributed by atoms with Gasteiger partial charge >= 0.3 is 0 Å². The van der Waals surface area contributed by atoms with Gasteiger partial charge in [-0.25, -0.2) is 9.97 Å². The molecular formula is C16H18ClN3O. The van der Waals surface area contributed by atoms with Crippen molar-refractivity contribution in [3.05, 3.63) is 47.7 Å². The minimum Gasteiger partial charge on any atom is -0.477 e. The Morgan fingerprint density at radius 3 is 2.95 bits per heavy atom. The van der Waals surface area contributed by atoms with E-state index in [1.807, 2.05) is 30.3 Å². The second kappa shape index (κ2) is 6.76. The van der Waals surface area contributed by atoms with Gasteiger partial charge in [0.15, 0.2) is 0 Å². The van der Waals surface area contributed by atoms with Gasteiger partial charge in [0.1, 0.15) is 5.82 Å². The molecule has 4 nitrogen and oxygen atoms in total. The van der Waals surface area contributed by atoms with Crippen molar-refractivity contribution in [1.29, 1.82) is 0 Å². The number of pyridine rings is 2. The van der Waals surface area contributed by atoms with Crippen LogP contribution in [0.15, 0.2) is 42.7 Å². The number of ether oxygens (including phenoxy) is 1. The van der Waals surface area contributed by atoms with Crippen molar-refractivity contribution in [2.45, 2.75) is 12.8 Å². The van der Waals surface area contributed by atoms with Crippen molar-refractivity contribution in [3.8, 4) is 5.88 Å². The van der Waals surface area contributed by atoms with Crippen LogP contribution in [0, 0.1) is 5.92 Å². The Morgan fingerprint density at radius 2 is 2.19 bits per heavy atom. The minimum absolute atomic E-state index is 0.498. The first-order chi connectivity index (χ1) is 10.3. The van der Waals surface area contributed by atoms with E-state index < -0.39 is 0 Å². The molecule has 5 heteroatoms. The number of rotatable bonds is 4. The normalized spacial score (nSPS) is 18.5. The Bertz CT molecular complexity index is 561. The summed E-state index contributed by atoms with van der Waals surface area (Å²) in [6, 6.07) is 9.58. The predicted octanol–water partition coefficient (Wildman–Crippen LogP) is 3.43. The quantitative estimate of drug-likeness (QED) is 0.867. The van der Waals surface area contributed by atoms with Crippen LogP contribution < -0.4 is 9.64 Å². The number of halogens is 1. The number of aromatic nitrogens is 2. The van der Waals surface area contributed by atoms with Crippen LogP contribution in [-0.4, -0.2) is 29.7 Å². The van der Waals surface area contributed by atoms with Crippen LogP contribution in [0.5, 0.6) is 5.88 Å². The van der Waals surface area contributed by atoms with Gasteiger partial charge in [-0.15, -0.1) is 0 Å². The van der Waals surface area contributed by atoms with Gasteiger partial charge in [0.05, 0.1) is 11.6 Å². The standard InChI is InChI=1S/C16H18ClN3O/c17-14-6-7-15(19-10-14)20-9-3-4-13(11-20)12-21-16-5-1-2-8-18-16/h1-2,5-8,10,13H,3-4,9,11-12H2. The maximum absolute atomic E-state index is 5.89. The number of hydrogen-bond donors (Lipinski definition) is 0. The third-order valence-corrected chi connectivity index (χ3v) is 3.88.